The van der Waals surface area contributed by atoms with Crippen molar-refractivity contribution in [2.24, 2.45) is 0 Å². The first-order valence-corrected chi connectivity index (χ1v) is 8.93. The van der Waals surface area contributed by atoms with Crippen LogP contribution in [0.4, 0.5) is 29.1 Å². The van der Waals surface area contributed by atoms with Crippen molar-refractivity contribution in [3.63, 3.8) is 0 Å². The van der Waals surface area contributed by atoms with Gasteiger partial charge in [-0.15, -0.1) is 0 Å². The Kier molecular flexibility index (Phi) is 5.21. The number of halogens is 4. The number of alkyl halides is 3. The molecule has 0 aliphatic carbocycles. The van der Waals surface area contributed by atoms with Gasteiger partial charge in [0.2, 0.25) is 10.0 Å². The Bertz CT molecular complexity index is 869. The SMILES string of the molecule is CC(Nc1cccc(C(F)(F)F)n1)c1ccc(NS(C)(=O)=O)c(F)c1. The second kappa shape index (κ2) is 6.87. The Morgan fingerprint density at radius 3 is 2.40 bits per heavy atom. The maximum absolute atomic E-state index is 14.0. The summed E-state index contributed by atoms with van der Waals surface area (Å²) in [6, 6.07) is 6.66. The van der Waals surface area contributed by atoms with Crippen LogP contribution in [-0.4, -0.2) is 19.7 Å². The van der Waals surface area contributed by atoms with Crippen molar-refractivity contribution in [3.8, 4) is 0 Å². The van der Waals surface area contributed by atoms with Crippen LogP contribution in [0, 0.1) is 5.82 Å². The highest BCUT2D eigenvalue weighted by Crippen LogP contribution is 2.29. The average molecular weight is 377 g/mol. The van der Waals surface area contributed by atoms with Crippen molar-refractivity contribution in [3.05, 3.63) is 53.5 Å². The zero-order valence-electron chi connectivity index (χ0n) is 13.2. The van der Waals surface area contributed by atoms with Gasteiger partial charge in [0.25, 0.3) is 0 Å². The maximum atomic E-state index is 14.0. The van der Waals surface area contributed by atoms with E-state index in [9.17, 15) is 26.0 Å². The minimum atomic E-state index is -4.56. The molecule has 10 heteroatoms. The van der Waals surface area contributed by atoms with E-state index in [0.29, 0.717) is 5.56 Å². The number of nitrogens with one attached hydrogen (secondary N) is 2. The number of hydrogen-bond acceptors (Lipinski definition) is 4. The zero-order chi connectivity index (χ0) is 18.8. The van der Waals surface area contributed by atoms with Crippen LogP contribution < -0.4 is 10.0 Å². The van der Waals surface area contributed by atoms with E-state index in [1.807, 2.05) is 4.72 Å². The van der Waals surface area contributed by atoms with Gasteiger partial charge in [-0.25, -0.2) is 17.8 Å². The quantitative estimate of drug-likeness (QED) is 0.778. The Hall–Kier alpha value is -2.36. The summed E-state index contributed by atoms with van der Waals surface area (Å²) in [6.45, 7) is 1.61. The summed E-state index contributed by atoms with van der Waals surface area (Å²) in [7, 11) is -3.62. The Morgan fingerprint density at radius 1 is 1.16 bits per heavy atom. The third-order valence-electron chi connectivity index (χ3n) is 3.19. The standard InChI is InChI=1S/C15H15F4N3O2S/c1-9(20-14-5-3-4-13(21-14)15(17,18)19)10-6-7-12(11(16)8-10)22-25(2,23)24/h3-9,22H,1-2H3,(H,20,21). The van der Waals surface area contributed by atoms with Gasteiger partial charge in [-0.1, -0.05) is 12.1 Å². The van der Waals surface area contributed by atoms with Gasteiger partial charge in [-0.2, -0.15) is 13.2 Å². The molecule has 2 aromatic rings. The third kappa shape index (κ3) is 5.31. The summed E-state index contributed by atoms with van der Waals surface area (Å²) in [5.74, 6) is -0.811. The number of nitrogens with zero attached hydrogens (tertiary/aromatic N) is 1. The highest BCUT2D eigenvalue weighted by Gasteiger charge is 2.32. The smallest absolute Gasteiger partial charge is 0.364 e. The lowest BCUT2D eigenvalue weighted by Gasteiger charge is -2.17. The topological polar surface area (TPSA) is 71.1 Å². The van der Waals surface area contributed by atoms with E-state index in [1.165, 1.54) is 24.3 Å². The minimum absolute atomic E-state index is 0.0129. The fraction of sp³-hybridized carbons (Fsp3) is 0.267. The molecule has 0 bridgehead atoms. The Labute approximate surface area is 142 Å². The second-order valence-corrected chi connectivity index (χ2v) is 7.13. The molecule has 0 saturated heterocycles. The maximum Gasteiger partial charge on any atom is 0.433 e. The molecular weight excluding hydrogens is 362 g/mol. The van der Waals surface area contributed by atoms with Gasteiger partial charge in [0.15, 0.2) is 0 Å². The monoisotopic (exact) mass is 377 g/mol. The summed E-state index contributed by atoms with van der Waals surface area (Å²) in [5, 5.41) is 2.75. The number of rotatable bonds is 5. The van der Waals surface area contributed by atoms with Gasteiger partial charge in [0.1, 0.15) is 17.3 Å². The first kappa shape index (κ1) is 19.0. The molecule has 5 nitrogen and oxygen atoms in total. The number of hydrogen-bond donors (Lipinski definition) is 2. The largest absolute Gasteiger partial charge is 0.433 e. The van der Waals surface area contributed by atoms with Crippen molar-refractivity contribution >= 4 is 21.5 Å². The number of benzene rings is 1. The lowest BCUT2D eigenvalue weighted by Crippen LogP contribution is -2.13. The van der Waals surface area contributed by atoms with Crippen LogP contribution in [0.5, 0.6) is 0 Å². The van der Waals surface area contributed by atoms with Crippen molar-refractivity contribution in [1.29, 1.82) is 0 Å². The lowest BCUT2D eigenvalue weighted by molar-refractivity contribution is -0.141. The van der Waals surface area contributed by atoms with Gasteiger partial charge in [0, 0.05) is 0 Å². The predicted molar refractivity (Wildman–Crippen MR) is 86.1 cm³/mol. The van der Waals surface area contributed by atoms with Crippen molar-refractivity contribution in [2.75, 3.05) is 16.3 Å². The summed E-state index contributed by atoms with van der Waals surface area (Å²) in [4.78, 5) is 3.48. The molecule has 0 amide bonds. The van der Waals surface area contributed by atoms with E-state index in [2.05, 4.69) is 10.3 Å². The van der Waals surface area contributed by atoms with Crippen molar-refractivity contribution < 1.29 is 26.0 Å². The molecule has 25 heavy (non-hydrogen) atoms. The Balaban J connectivity index is 2.19. The molecule has 1 atom stereocenters. The van der Waals surface area contributed by atoms with Gasteiger partial charge in [-0.3, -0.25) is 4.72 Å². The zero-order valence-corrected chi connectivity index (χ0v) is 14.0. The predicted octanol–water partition coefficient (Wildman–Crippen LogP) is 3.78. The summed E-state index contributed by atoms with van der Waals surface area (Å²) < 4.78 is 76.3. The normalized spacial score (nSPS) is 13.4. The second-order valence-electron chi connectivity index (χ2n) is 5.39. The van der Waals surface area contributed by atoms with Crippen LogP contribution >= 0.6 is 0 Å². The summed E-state index contributed by atoms with van der Waals surface area (Å²) >= 11 is 0. The molecule has 1 aromatic heterocycles. The molecule has 0 aliphatic rings. The highest BCUT2D eigenvalue weighted by atomic mass is 32.2. The van der Waals surface area contributed by atoms with E-state index >= 15 is 0 Å². The molecule has 0 spiro atoms. The van der Waals surface area contributed by atoms with E-state index in [1.54, 1.807) is 6.92 Å². The van der Waals surface area contributed by atoms with Crippen LogP contribution in [0.2, 0.25) is 0 Å². The molecule has 1 heterocycles. The molecule has 136 valence electrons. The molecule has 0 fully saturated rings. The van der Waals surface area contributed by atoms with Crippen LogP contribution in [0.3, 0.4) is 0 Å². The first-order valence-electron chi connectivity index (χ1n) is 7.04. The number of sulfonamides is 1. The van der Waals surface area contributed by atoms with Crippen LogP contribution in [0.25, 0.3) is 0 Å². The van der Waals surface area contributed by atoms with Gasteiger partial charge in [-0.05, 0) is 36.8 Å². The molecule has 1 unspecified atom stereocenters. The van der Waals surface area contributed by atoms with E-state index in [0.717, 1.165) is 18.4 Å². The number of anilines is 2. The van der Waals surface area contributed by atoms with E-state index in [-0.39, 0.29) is 11.5 Å². The van der Waals surface area contributed by atoms with E-state index in [4.69, 9.17) is 0 Å². The molecule has 0 radical (unpaired) electrons. The molecule has 0 saturated carbocycles. The highest BCUT2D eigenvalue weighted by molar-refractivity contribution is 7.92. The van der Waals surface area contributed by atoms with Gasteiger partial charge < -0.3 is 5.32 Å². The molecule has 2 N–H and O–H groups in total. The molecule has 2 rings (SSSR count). The van der Waals surface area contributed by atoms with Crippen LogP contribution in [-0.2, 0) is 16.2 Å². The number of aromatic nitrogens is 1. The molecule has 1 aromatic carbocycles. The van der Waals surface area contributed by atoms with Crippen molar-refractivity contribution in [1.82, 2.24) is 4.98 Å². The van der Waals surface area contributed by atoms with E-state index < -0.39 is 33.8 Å². The van der Waals surface area contributed by atoms with Crippen molar-refractivity contribution in [2.45, 2.75) is 19.1 Å². The Morgan fingerprint density at radius 2 is 1.84 bits per heavy atom. The fourth-order valence-electron chi connectivity index (χ4n) is 2.06. The average Bonchev–Trinajstić information content (AvgIpc) is 2.47. The number of pyridine rings is 1. The van der Waals surface area contributed by atoms with Gasteiger partial charge in [0.05, 0.1) is 18.0 Å². The van der Waals surface area contributed by atoms with Gasteiger partial charge >= 0.3 is 6.18 Å². The third-order valence-corrected chi connectivity index (χ3v) is 3.78. The molecule has 0 aliphatic heterocycles. The summed E-state index contributed by atoms with van der Waals surface area (Å²) in [5.41, 5.74) is -0.838. The summed E-state index contributed by atoms with van der Waals surface area (Å²) in [6.07, 6.45) is -3.67. The fourth-order valence-corrected chi connectivity index (χ4v) is 2.63. The first-order chi connectivity index (χ1) is 11.5. The molecular formula is C15H15F4N3O2S. The van der Waals surface area contributed by atoms with Crippen LogP contribution in [0.1, 0.15) is 24.2 Å². The lowest BCUT2D eigenvalue weighted by atomic mass is 10.1. The minimum Gasteiger partial charge on any atom is -0.364 e. The van der Waals surface area contributed by atoms with Crippen LogP contribution in [0.15, 0.2) is 36.4 Å².